The monoisotopic (exact) mass is 297 g/mol. The molecule has 2 nitrogen and oxygen atoms in total. The fourth-order valence-electron chi connectivity index (χ4n) is 2.27. The molecule has 1 atom stereocenters. The molecule has 2 rings (SSSR count). The normalized spacial score (nSPS) is 13.0. The van der Waals surface area contributed by atoms with E-state index in [4.69, 9.17) is 4.99 Å². The van der Waals surface area contributed by atoms with Gasteiger partial charge in [0.15, 0.2) is 0 Å². The Morgan fingerprint density at radius 3 is 2.55 bits per heavy atom. The van der Waals surface area contributed by atoms with Crippen molar-refractivity contribution in [2.24, 2.45) is 4.99 Å². The van der Waals surface area contributed by atoms with E-state index >= 15 is 0 Å². The van der Waals surface area contributed by atoms with E-state index in [-0.39, 0.29) is 11.9 Å². The molecule has 1 unspecified atom stereocenters. The summed E-state index contributed by atoms with van der Waals surface area (Å²) in [5.74, 6) is -0.289. The first kappa shape index (κ1) is 16.1. The van der Waals surface area contributed by atoms with Crippen LogP contribution in [0.4, 0.5) is 4.39 Å². The minimum atomic E-state index is -0.289. The number of benzene rings is 2. The zero-order valence-electron chi connectivity index (χ0n) is 13.1. The van der Waals surface area contributed by atoms with Crippen LogP contribution >= 0.6 is 0 Å². The molecule has 0 bridgehead atoms. The molecule has 22 heavy (non-hydrogen) atoms. The summed E-state index contributed by atoms with van der Waals surface area (Å²) < 4.78 is 14.2. The highest BCUT2D eigenvalue weighted by molar-refractivity contribution is 6.14. The average molecular weight is 297 g/mol. The second-order valence-corrected chi connectivity index (χ2v) is 5.41. The number of rotatable bonds is 5. The van der Waals surface area contributed by atoms with Crippen molar-refractivity contribution in [3.63, 3.8) is 0 Å². The highest BCUT2D eigenvalue weighted by Gasteiger charge is 2.15. The molecule has 0 heterocycles. The molecule has 0 fully saturated rings. The Kier molecular flexibility index (Phi) is 5.21. The van der Waals surface area contributed by atoms with Crippen LogP contribution in [0.25, 0.3) is 0 Å². The van der Waals surface area contributed by atoms with Crippen molar-refractivity contribution in [2.75, 3.05) is 0 Å². The van der Waals surface area contributed by atoms with E-state index in [2.05, 4.69) is 6.92 Å². The van der Waals surface area contributed by atoms with Crippen LogP contribution in [0.1, 0.15) is 47.3 Å². The predicted octanol–water partition coefficient (Wildman–Crippen LogP) is 4.58. The minimum absolute atomic E-state index is 0.0970. The van der Waals surface area contributed by atoms with E-state index in [1.807, 2.05) is 19.9 Å². The zero-order valence-corrected chi connectivity index (χ0v) is 13.1. The maximum atomic E-state index is 14.2. The Hall–Kier alpha value is -2.29. The fraction of sp³-hybridized carbons (Fsp3) is 0.263. The van der Waals surface area contributed by atoms with Gasteiger partial charge < -0.3 is 0 Å². The summed E-state index contributed by atoms with van der Waals surface area (Å²) in [7, 11) is 0. The van der Waals surface area contributed by atoms with Crippen molar-refractivity contribution in [1.29, 1.82) is 0 Å². The number of carbonyl (C=O) groups excluding carboxylic acids is 1. The van der Waals surface area contributed by atoms with Crippen LogP contribution in [-0.2, 0) is 0 Å². The summed E-state index contributed by atoms with van der Waals surface area (Å²) in [5, 5.41) is 0. The summed E-state index contributed by atoms with van der Waals surface area (Å²) in [6.07, 6.45) is 1.69. The maximum absolute atomic E-state index is 14.2. The molecule has 0 amide bonds. The molecular weight excluding hydrogens is 277 g/mol. The van der Waals surface area contributed by atoms with Gasteiger partial charge in [0.25, 0.3) is 0 Å². The van der Waals surface area contributed by atoms with Gasteiger partial charge in [-0.1, -0.05) is 31.2 Å². The Labute approximate surface area is 130 Å². The Morgan fingerprint density at radius 2 is 1.95 bits per heavy atom. The highest BCUT2D eigenvalue weighted by Crippen LogP contribution is 2.20. The van der Waals surface area contributed by atoms with Crippen molar-refractivity contribution in [3.05, 3.63) is 70.5 Å². The Morgan fingerprint density at radius 1 is 1.23 bits per heavy atom. The summed E-state index contributed by atoms with van der Waals surface area (Å²) in [5.41, 5.74) is 3.51. The molecule has 0 aromatic heterocycles. The number of aryl methyl sites for hydroxylation is 1. The molecular formula is C19H20FNO. The van der Waals surface area contributed by atoms with E-state index in [9.17, 15) is 9.18 Å². The van der Waals surface area contributed by atoms with E-state index in [1.54, 1.807) is 30.3 Å². The van der Waals surface area contributed by atoms with Gasteiger partial charge in [-0.05, 0) is 44.0 Å². The zero-order chi connectivity index (χ0) is 16.1. The lowest BCUT2D eigenvalue weighted by Crippen LogP contribution is -2.12. The van der Waals surface area contributed by atoms with Crippen LogP contribution in [-0.4, -0.2) is 18.0 Å². The van der Waals surface area contributed by atoms with Gasteiger partial charge in [-0.15, -0.1) is 0 Å². The molecule has 0 radical (unpaired) electrons. The lowest BCUT2D eigenvalue weighted by Gasteiger charge is -2.14. The lowest BCUT2D eigenvalue weighted by atomic mass is 9.96. The summed E-state index contributed by atoms with van der Waals surface area (Å²) in [4.78, 5) is 15.6. The van der Waals surface area contributed by atoms with E-state index in [0.29, 0.717) is 16.8 Å². The Bertz CT molecular complexity index is 706. The number of aliphatic imine (C=N–C) groups is 1. The van der Waals surface area contributed by atoms with Crippen LogP contribution in [0.15, 0.2) is 47.5 Å². The summed E-state index contributed by atoms with van der Waals surface area (Å²) >= 11 is 0. The van der Waals surface area contributed by atoms with Crippen molar-refractivity contribution in [2.45, 2.75) is 33.2 Å². The first-order valence-electron chi connectivity index (χ1n) is 7.45. The summed E-state index contributed by atoms with van der Waals surface area (Å²) in [6, 6.07) is 12.1. The second kappa shape index (κ2) is 7.12. The smallest absolute Gasteiger partial charge is 0.150 e. The van der Waals surface area contributed by atoms with Crippen LogP contribution in [0.3, 0.4) is 0 Å². The lowest BCUT2D eigenvalue weighted by molar-refractivity contribution is 0.112. The molecule has 0 saturated heterocycles. The number of halogens is 1. The molecule has 2 aromatic rings. The van der Waals surface area contributed by atoms with Gasteiger partial charge in [-0.25, -0.2) is 4.39 Å². The fourth-order valence-corrected chi connectivity index (χ4v) is 2.27. The maximum Gasteiger partial charge on any atom is 0.150 e. The van der Waals surface area contributed by atoms with Crippen molar-refractivity contribution < 1.29 is 9.18 Å². The molecule has 0 spiro atoms. The molecule has 0 aliphatic carbocycles. The minimum Gasteiger partial charge on any atom is -0.298 e. The topological polar surface area (TPSA) is 29.4 Å². The third-order valence-corrected chi connectivity index (χ3v) is 3.71. The van der Waals surface area contributed by atoms with Gasteiger partial charge in [0.05, 0.1) is 5.71 Å². The summed E-state index contributed by atoms with van der Waals surface area (Å²) in [6.45, 7) is 5.97. The average Bonchev–Trinajstić information content (AvgIpc) is 2.53. The van der Waals surface area contributed by atoms with Gasteiger partial charge in [-0.2, -0.15) is 0 Å². The van der Waals surface area contributed by atoms with Crippen LogP contribution in [0.5, 0.6) is 0 Å². The number of carbonyl (C=O) groups is 1. The van der Waals surface area contributed by atoms with Gasteiger partial charge in [-0.3, -0.25) is 9.79 Å². The van der Waals surface area contributed by atoms with Gasteiger partial charge >= 0.3 is 0 Å². The molecule has 0 N–H and O–H groups in total. The number of nitrogens with zero attached hydrogens (tertiary/aromatic N) is 1. The first-order valence-corrected chi connectivity index (χ1v) is 7.45. The van der Waals surface area contributed by atoms with Gasteiger partial charge in [0.1, 0.15) is 12.1 Å². The molecule has 0 saturated carbocycles. The predicted molar refractivity (Wildman–Crippen MR) is 88.4 cm³/mol. The van der Waals surface area contributed by atoms with E-state index < -0.39 is 0 Å². The van der Waals surface area contributed by atoms with Crippen molar-refractivity contribution >= 4 is 12.0 Å². The van der Waals surface area contributed by atoms with E-state index in [1.165, 1.54) is 6.07 Å². The third kappa shape index (κ3) is 3.48. The van der Waals surface area contributed by atoms with Crippen LogP contribution in [0, 0.1) is 12.7 Å². The van der Waals surface area contributed by atoms with Gasteiger partial charge in [0, 0.05) is 22.7 Å². The van der Waals surface area contributed by atoms with Crippen LogP contribution in [0.2, 0.25) is 0 Å². The highest BCUT2D eigenvalue weighted by atomic mass is 19.1. The number of hydrogen-bond acceptors (Lipinski definition) is 2. The van der Waals surface area contributed by atoms with Crippen molar-refractivity contribution in [1.82, 2.24) is 0 Å². The largest absolute Gasteiger partial charge is 0.298 e. The molecule has 0 aliphatic rings. The third-order valence-electron chi connectivity index (χ3n) is 3.71. The SMILES string of the molecule is CCC(C)N=C(c1ccc(C=O)cc1C)c1ccccc1F. The van der Waals surface area contributed by atoms with Gasteiger partial charge in [0.2, 0.25) is 0 Å². The number of hydrogen-bond donors (Lipinski definition) is 0. The second-order valence-electron chi connectivity index (χ2n) is 5.41. The molecule has 114 valence electrons. The standard InChI is InChI=1S/C19H20FNO/c1-4-14(3)21-19(17-7-5-6-8-18(17)20)16-10-9-15(12-22)11-13(16)2/h5-12,14H,4H2,1-3H3. The quantitative estimate of drug-likeness (QED) is 0.586. The van der Waals surface area contributed by atoms with Crippen LogP contribution < -0.4 is 0 Å². The number of aldehydes is 1. The van der Waals surface area contributed by atoms with E-state index in [0.717, 1.165) is 23.8 Å². The molecule has 0 aliphatic heterocycles. The molecule has 3 heteroatoms. The van der Waals surface area contributed by atoms with Crippen molar-refractivity contribution in [3.8, 4) is 0 Å². The Balaban J connectivity index is 2.62. The first-order chi connectivity index (χ1) is 10.6. The molecule has 2 aromatic carbocycles.